The standard InChI is InChI=1S/C36H49N3O6/c1-6-18-37-19-7-8-20-45-31-17-9-12-26(21-31)22-32(39-34(41)27-13-10-14-28(23-27)35(42)44-5)33(40)25-38-36(2,3)29-15-11-16-30(24-29)43-4/h9-17,21,23-24,32-33,37-38,40H,6-8,18-20,22,25H2,1-5H3,(H,39,41)/t32-,33+/m0/s1. The molecule has 45 heavy (non-hydrogen) atoms. The van der Waals surface area contributed by atoms with Crippen molar-refractivity contribution in [2.24, 2.45) is 0 Å². The van der Waals surface area contributed by atoms with Crippen LogP contribution in [0.1, 0.15) is 71.9 Å². The molecule has 244 valence electrons. The second-order valence-electron chi connectivity index (χ2n) is 11.6. The molecule has 0 spiro atoms. The number of rotatable bonds is 19. The van der Waals surface area contributed by atoms with Gasteiger partial charge < -0.3 is 35.3 Å². The van der Waals surface area contributed by atoms with Crippen LogP contribution >= 0.6 is 0 Å². The van der Waals surface area contributed by atoms with Crippen LogP contribution in [-0.4, -0.2) is 69.6 Å². The van der Waals surface area contributed by atoms with Gasteiger partial charge in [0, 0.05) is 17.6 Å². The van der Waals surface area contributed by atoms with E-state index in [4.69, 9.17) is 14.2 Å². The number of carbonyl (C=O) groups is 2. The normalized spacial score (nSPS) is 12.7. The van der Waals surface area contributed by atoms with E-state index in [1.165, 1.54) is 13.2 Å². The first kappa shape index (κ1) is 35.6. The lowest BCUT2D eigenvalue weighted by molar-refractivity contribution is 0.0600. The van der Waals surface area contributed by atoms with Gasteiger partial charge in [0.2, 0.25) is 0 Å². The Hall–Kier alpha value is -3.92. The summed E-state index contributed by atoms with van der Waals surface area (Å²) in [6.45, 7) is 9.03. The third-order valence-electron chi connectivity index (χ3n) is 7.67. The van der Waals surface area contributed by atoms with Gasteiger partial charge in [-0.15, -0.1) is 0 Å². The van der Waals surface area contributed by atoms with Crippen molar-refractivity contribution in [3.05, 3.63) is 95.1 Å². The average Bonchev–Trinajstić information content (AvgIpc) is 3.06. The minimum absolute atomic E-state index is 0.208. The molecule has 3 rings (SSSR count). The molecule has 0 aromatic heterocycles. The van der Waals surface area contributed by atoms with E-state index in [-0.39, 0.29) is 12.1 Å². The summed E-state index contributed by atoms with van der Waals surface area (Å²) in [6.07, 6.45) is 2.52. The number of benzene rings is 3. The van der Waals surface area contributed by atoms with Crippen molar-refractivity contribution in [2.75, 3.05) is 40.5 Å². The molecule has 0 saturated carbocycles. The summed E-state index contributed by atoms with van der Waals surface area (Å²) < 4.78 is 16.2. The summed E-state index contributed by atoms with van der Waals surface area (Å²) in [5.74, 6) is 0.564. The first-order chi connectivity index (χ1) is 21.7. The van der Waals surface area contributed by atoms with Crippen LogP contribution in [0.25, 0.3) is 0 Å². The second-order valence-corrected chi connectivity index (χ2v) is 11.6. The quantitative estimate of drug-likeness (QED) is 0.111. The van der Waals surface area contributed by atoms with Gasteiger partial charge in [-0.3, -0.25) is 4.79 Å². The molecule has 4 N–H and O–H groups in total. The number of nitrogens with one attached hydrogen (secondary N) is 3. The molecule has 9 nitrogen and oxygen atoms in total. The maximum absolute atomic E-state index is 13.4. The van der Waals surface area contributed by atoms with E-state index in [0.717, 1.165) is 55.0 Å². The summed E-state index contributed by atoms with van der Waals surface area (Å²) in [5.41, 5.74) is 2.00. The van der Waals surface area contributed by atoms with E-state index in [0.29, 0.717) is 18.6 Å². The van der Waals surface area contributed by atoms with Gasteiger partial charge >= 0.3 is 5.97 Å². The summed E-state index contributed by atoms with van der Waals surface area (Å²) in [5, 5.41) is 21.3. The van der Waals surface area contributed by atoms with Gasteiger partial charge in [-0.05, 0) is 106 Å². The molecule has 0 bridgehead atoms. The van der Waals surface area contributed by atoms with Crippen LogP contribution in [0.4, 0.5) is 0 Å². The van der Waals surface area contributed by atoms with Crippen molar-refractivity contribution >= 4 is 11.9 Å². The van der Waals surface area contributed by atoms with Crippen molar-refractivity contribution in [3.63, 3.8) is 0 Å². The van der Waals surface area contributed by atoms with Crippen molar-refractivity contribution < 1.29 is 28.9 Å². The van der Waals surface area contributed by atoms with Gasteiger partial charge in [0.05, 0.1) is 38.5 Å². The fourth-order valence-corrected chi connectivity index (χ4v) is 4.92. The van der Waals surface area contributed by atoms with E-state index in [9.17, 15) is 14.7 Å². The van der Waals surface area contributed by atoms with E-state index < -0.39 is 29.6 Å². The smallest absolute Gasteiger partial charge is 0.337 e. The SMILES string of the molecule is CCCNCCCCOc1cccc(C[C@H](NC(=O)c2cccc(C(=O)OC)c2)[C@H](O)CNC(C)(C)c2cccc(OC)c2)c1. The highest BCUT2D eigenvalue weighted by molar-refractivity contribution is 5.98. The lowest BCUT2D eigenvalue weighted by atomic mass is 9.93. The molecule has 0 aliphatic carbocycles. The van der Waals surface area contributed by atoms with E-state index in [1.807, 2.05) is 62.4 Å². The molecule has 1 amide bonds. The molecule has 0 saturated heterocycles. The van der Waals surface area contributed by atoms with Crippen molar-refractivity contribution in [1.82, 2.24) is 16.0 Å². The Kier molecular flexibility index (Phi) is 14.3. The number of carbonyl (C=O) groups excluding carboxylic acids is 2. The predicted octanol–water partition coefficient (Wildman–Crippen LogP) is 4.87. The average molecular weight is 620 g/mol. The lowest BCUT2D eigenvalue weighted by Crippen LogP contribution is -2.51. The van der Waals surface area contributed by atoms with Crippen LogP contribution in [-0.2, 0) is 16.7 Å². The summed E-state index contributed by atoms with van der Waals surface area (Å²) in [6, 6.07) is 21.2. The van der Waals surface area contributed by atoms with Crippen LogP contribution in [0.5, 0.6) is 11.5 Å². The molecule has 0 fully saturated rings. The molecule has 0 unspecified atom stereocenters. The van der Waals surface area contributed by atoms with E-state index in [2.05, 4.69) is 22.9 Å². The van der Waals surface area contributed by atoms with Crippen LogP contribution in [0.2, 0.25) is 0 Å². The number of hydrogen-bond donors (Lipinski definition) is 4. The molecular formula is C36H49N3O6. The molecule has 0 aliphatic rings. The largest absolute Gasteiger partial charge is 0.497 e. The number of unbranched alkanes of at least 4 members (excludes halogenated alkanes) is 1. The third-order valence-corrected chi connectivity index (χ3v) is 7.67. The molecule has 3 aromatic carbocycles. The number of amides is 1. The Labute approximate surface area is 267 Å². The summed E-state index contributed by atoms with van der Waals surface area (Å²) >= 11 is 0. The minimum Gasteiger partial charge on any atom is -0.497 e. The van der Waals surface area contributed by atoms with Crippen molar-refractivity contribution in [2.45, 2.75) is 64.1 Å². The van der Waals surface area contributed by atoms with Gasteiger partial charge in [0.1, 0.15) is 11.5 Å². The Morgan fingerprint density at radius 1 is 0.889 bits per heavy atom. The van der Waals surface area contributed by atoms with Crippen LogP contribution in [0.15, 0.2) is 72.8 Å². The second kappa shape index (κ2) is 18.1. The number of aliphatic hydroxyl groups is 1. The predicted molar refractivity (Wildman–Crippen MR) is 177 cm³/mol. The molecule has 0 heterocycles. The highest BCUT2D eigenvalue weighted by Crippen LogP contribution is 2.24. The molecular weight excluding hydrogens is 570 g/mol. The van der Waals surface area contributed by atoms with Gasteiger partial charge in [-0.2, -0.15) is 0 Å². The van der Waals surface area contributed by atoms with Crippen LogP contribution in [0.3, 0.4) is 0 Å². The highest BCUT2D eigenvalue weighted by Gasteiger charge is 2.27. The van der Waals surface area contributed by atoms with Crippen molar-refractivity contribution in [3.8, 4) is 11.5 Å². The number of ether oxygens (including phenoxy) is 3. The van der Waals surface area contributed by atoms with Gasteiger partial charge in [0.15, 0.2) is 0 Å². The third kappa shape index (κ3) is 11.5. The summed E-state index contributed by atoms with van der Waals surface area (Å²) in [4.78, 5) is 25.5. The van der Waals surface area contributed by atoms with Gasteiger partial charge in [0.25, 0.3) is 5.91 Å². The fraction of sp³-hybridized carbons (Fsp3) is 0.444. The van der Waals surface area contributed by atoms with Gasteiger partial charge in [-0.25, -0.2) is 4.79 Å². The first-order valence-electron chi connectivity index (χ1n) is 15.7. The molecule has 9 heteroatoms. The summed E-state index contributed by atoms with van der Waals surface area (Å²) in [7, 11) is 2.92. The lowest BCUT2D eigenvalue weighted by Gasteiger charge is -2.31. The zero-order chi connectivity index (χ0) is 32.7. The zero-order valence-electron chi connectivity index (χ0n) is 27.2. The topological polar surface area (TPSA) is 118 Å². The Balaban J connectivity index is 1.74. The van der Waals surface area contributed by atoms with Crippen LogP contribution in [0, 0.1) is 0 Å². The van der Waals surface area contributed by atoms with Gasteiger partial charge in [-0.1, -0.05) is 37.3 Å². The maximum atomic E-state index is 13.4. The number of esters is 1. The van der Waals surface area contributed by atoms with E-state index in [1.54, 1.807) is 25.3 Å². The molecule has 2 atom stereocenters. The Morgan fingerprint density at radius 3 is 2.38 bits per heavy atom. The fourth-order valence-electron chi connectivity index (χ4n) is 4.92. The molecule has 0 aliphatic heterocycles. The first-order valence-corrected chi connectivity index (χ1v) is 15.7. The molecule has 3 aromatic rings. The Bertz CT molecular complexity index is 1360. The minimum atomic E-state index is -0.942. The molecule has 0 radical (unpaired) electrons. The van der Waals surface area contributed by atoms with Crippen LogP contribution < -0.4 is 25.4 Å². The highest BCUT2D eigenvalue weighted by atomic mass is 16.5. The Morgan fingerprint density at radius 2 is 1.62 bits per heavy atom. The van der Waals surface area contributed by atoms with E-state index >= 15 is 0 Å². The number of hydrogen-bond acceptors (Lipinski definition) is 8. The number of aliphatic hydroxyl groups excluding tert-OH is 1. The number of methoxy groups -OCH3 is 2. The zero-order valence-corrected chi connectivity index (χ0v) is 27.2. The monoisotopic (exact) mass is 619 g/mol. The maximum Gasteiger partial charge on any atom is 0.337 e. The van der Waals surface area contributed by atoms with Crippen molar-refractivity contribution in [1.29, 1.82) is 0 Å².